The zero-order valence-corrected chi connectivity index (χ0v) is 14.4. The monoisotopic (exact) mass is 409 g/mol. The van der Waals surface area contributed by atoms with E-state index in [1.165, 1.54) is 24.3 Å². The predicted molar refractivity (Wildman–Crippen MR) is 87.3 cm³/mol. The second-order valence-electron chi connectivity index (χ2n) is 4.15. The maximum Gasteiger partial charge on any atom is 0.261 e. The van der Waals surface area contributed by atoms with Gasteiger partial charge in [0.1, 0.15) is 0 Å². The highest BCUT2D eigenvalue weighted by Crippen LogP contribution is 2.35. The Morgan fingerprint density at radius 3 is 2.10 bits per heavy atom. The molecule has 0 atom stereocenters. The molecule has 0 fully saturated rings. The van der Waals surface area contributed by atoms with Crippen LogP contribution in [0.15, 0.2) is 45.8 Å². The number of nitrogens with one attached hydrogen (secondary N) is 1. The molecule has 0 saturated heterocycles. The van der Waals surface area contributed by atoms with Crippen LogP contribution in [-0.4, -0.2) is 13.5 Å². The minimum atomic E-state index is -3.81. The average Bonchev–Trinajstić information content (AvgIpc) is 2.43. The van der Waals surface area contributed by atoms with Gasteiger partial charge in [0.25, 0.3) is 10.0 Å². The molecule has 0 amide bonds. The third-order valence-electron chi connectivity index (χ3n) is 2.66. The van der Waals surface area contributed by atoms with Crippen LogP contribution in [0.2, 0.25) is 10.0 Å². The van der Waals surface area contributed by atoms with Crippen LogP contribution >= 0.6 is 39.1 Å². The molecule has 0 radical (unpaired) electrons. The Balaban J connectivity index is 2.37. The molecule has 4 nitrogen and oxygen atoms in total. The van der Waals surface area contributed by atoms with Crippen molar-refractivity contribution in [2.24, 2.45) is 0 Å². The number of sulfonamides is 1. The SMILES string of the molecule is O=S(=O)(Nc1c(Cl)cc(Br)cc1Cl)c1ccc(CO)cc1. The Labute approximate surface area is 140 Å². The summed E-state index contributed by atoms with van der Waals surface area (Å²) in [6, 6.07) is 8.93. The molecule has 8 heteroatoms. The van der Waals surface area contributed by atoms with Gasteiger partial charge in [-0.05, 0) is 29.8 Å². The third kappa shape index (κ3) is 3.90. The largest absolute Gasteiger partial charge is 0.392 e. The van der Waals surface area contributed by atoms with E-state index in [0.717, 1.165) is 0 Å². The minimum Gasteiger partial charge on any atom is -0.392 e. The van der Waals surface area contributed by atoms with Gasteiger partial charge in [-0.2, -0.15) is 0 Å². The number of hydrogen-bond acceptors (Lipinski definition) is 3. The fourth-order valence-electron chi connectivity index (χ4n) is 1.61. The molecule has 112 valence electrons. The lowest BCUT2D eigenvalue weighted by Crippen LogP contribution is -2.13. The molecule has 0 spiro atoms. The van der Waals surface area contributed by atoms with Crippen LogP contribution < -0.4 is 4.72 Å². The fourth-order valence-corrected chi connectivity index (χ4v) is 4.12. The van der Waals surface area contributed by atoms with Gasteiger partial charge >= 0.3 is 0 Å². The summed E-state index contributed by atoms with van der Waals surface area (Å²) in [4.78, 5) is 0.0507. The summed E-state index contributed by atoms with van der Waals surface area (Å²) >= 11 is 15.2. The summed E-state index contributed by atoms with van der Waals surface area (Å²) in [5.41, 5.74) is 0.737. The summed E-state index contributed by atoms with van der Waals surface area (Å²) in [7, 11) is -3.81. The van der Waals surface area contributed by atoms with E-state index in [0.29, 0.717) is 10.0 Å². The lowest BCUT2D eigenvalue weighted by atomic mass is 10.2. The standard InChI is InChI=1S/C13H10BrCl2NO3S/c14-9-5-11(15)13(12(16)6-9)17-21(19,20)10-3-1-8(7-18)2-4-10/h1-6,17-18H,7H2. The molecule has 0 aliphatic rings. The summed E-state index contributed by atoms with van der Waals surface area (Å²) in [5.74, 6) is 0. The first kappa shape index (κ1) is 16.6. The second-order valence-corrected chi connectivity index (χ2v) is 7.56. The van der Waals surface area contributed by atoms with Crippen molar-refractivity contribution in [2.45, 2.75) is 11.5 Å². The third-order valence-corrected chi connectivity index (χ3v) is 5.08. The van der Waals surface area contributed by atoms with Gasteiger partial charge < -0.3 is 5.11 Å². The average molecular weight is 411 g/mol. The van der Waals surface area contributed by atoms with Crippen molar-refractivity contribution >= 4 is 54.8 Å². The highest BCUT2D eigenvalue weighted by atomic mass is 79.9. The van der Waals surface area contributed by atoms with Gasteiger partial charge in [-0.25, -0.2) is 8.42 Å². The number of hydrogen-bond donors (Lipinski definition) is 2. The molecule has 0 aliphatic carbocycles. The number of aliphatic hydroxyl groups excluding tert-OH is 1. The molecule has 0 heterocycles. The van der Waals surface area contributed by atoms with E-state index in [1.807, 2.05) is 0 Å². The lowest BCUT2D eigenvalue weighted by Gasteiger charge is -2.12. The first-order valence-corrected chi connectivity index (χ1v) is 8.74. The van der Waals surface area contributed by atoms with E-state index in [9.17, 15) is 8.42 Å². The second kappa shape index (κ2) is 6.54. The normalized spacial score (nSPS) is 11.4. The predicted octanol–water partition coefficient (Wildman–Crippen LogP) is 4.05. The van der Waals surface area contributed by atoms with E-state index in [1.54, 1.807) is 12.1 Å². The molecule has 0 unspecified atom stereocenters. The molecule has 0 aromatic heterocycles. The number of anilines is 1. The van der Waals surface area contributed by atoms with Crippen LogP contribution in [0.25, 0.3) is 0 Å². The van der Waals surface area contributed by atoms with Gasteiger partial charge in [0.15, 0.2) is 0 Å². The Morgan fingerprint density at radius 2 is 1.62 bits per heavy atom. The highest BCUT2D eigenvalue weighted by molar-refractivity contribution is 9.10. The van der Waals surface area contributed by atoms with Crippen molar-refractivity contribution < 1.29 is 13.5 Å². The lowest BCUT2D eigenvalue weighted by molar-refractivity contribution is 0.282. The zero-order chi connectivity index (χ0) is 15.6. The Morgan fingerprint density at radius 1 is 1.10 bits per heavy atom. The molecular weight excluding hydrogens is 401 g/mol. The molecule has 2 aromatic carbocycles. The van der Waals surface area contributed by atoms with Crippen molar-refractivity contribution in [1.82, 2.24) is 0 Å². The molecule has 0 bridgehead atoms. The number of aliphatic hydroxyl groups is 1. The summed E-state index contributed by atoms with van der Waals surface area (Å²) < 4.78 is 27.6. The van der Waals surface area contributed by atoms with Gasteiger partial charge in [-0.15, -0.1) is 0 Å². The van der Waals surface area contributed by atoms with Crippen molar-refractivity contribution in [1.29, 1.82) is 0 Å². The fraction of sp³-hybridized carbons (Fsp3) is 0.0769. The smallest absolute Gasteiger partial charge is 0.261 e. The van der Waals surface area contributed by atoms with Crippen LogP contribution in [0.4, 0.5) is 5.69 Å². The summed E-state index contributed by atoms with van der Waals surface area (Å²) in [5, 5.41) is 9.33. The van der Waals surface area contributed by atoms with Crippen LogP contribution in [-0.2, 0) is 16.6 Å². The van der Waals surface area contributed by atoms with Gasteiger partial charge in [0.05, 0.1) is 27.2 Å². The molecule has 0 aliphatic heterocycles. The quantitative estimate of drug-likeness (QED) is 0.798. The van der Waals surface area contributed by atoms with Gasteiger partial charge in [-0.3, -0.25) is 4.72 Å². The maximum absolute atomic E-state index is 12.3. The Bertz CT molecular complexity index is 740. The Hall–Kier alpha value is -0.790. The summed E-state index contributed by atoms with van der Waals surface area (Å²) in [6.45, 7) is -0.155. The maximum atomic E-state index is 12.3. The van der Waals surface area contributed by atoms with E-state index >= 15 is 0 Å². The van der Waals surface area contributed by atoms with Gasteiger partial charge in [-0.1, -0.05) is 51.3 Å². The Kier molecular flexibility index (Phi) is 5.16. The van der Waals surface area contributed by atoms with Crippen molar-refractivity contribution in [3.63, 3.8) is 0 Å². The number of rotatable bonds is 4. The molecule has 21 heavy (non-hydrogen) atoms. The van der Waals surface area contributed by atoms with Gasteiger partial charge in [0.2, 0.25) is 0 Å². The van der Waals surface area contributed by atoms with Crippen LogP contribution in [0.5, 0.6) is 0 Å². The number of benzene rings is 2. The first-order valence-electron chi connectivity index (χ1n) is 5.70. The van der Waals surface area contributed by atoms with E-state index < -0.39 is 10.0 Å². The minimum absolute atomic E-state index is 0.0507. The van der Waals surface area contributed by atoms with E-state index in [2.05, 4.69) is 20.7 Å². The van der Waals surface area contributed by atoms with Crippen molar-refractivity contribution in [3.8, 4) is 0 Å². The molecule has 0 saturated carbocycles. The van der Waals surface area contributed by atoms with Crippen LogP contribution in [0.3, 0.4) is 0 Å². The zero-order valence-electron chi connectivity index (χ0n) is 10.5. The number of halogens is 3. The van der Waals surface area contributed by atoms with Crippen molar-refractivity contribution in [3.05, 3.63) is 56.5 Å². The highest BCUT2D eigenvalue weighted by Gasteiger charge is 2.18. The van der Waals surface area contributed by atoms with Gasteiger partial charge in [0, 0.05) is 4.47 Å². The topological polar surface area (TPSA) is 66.4 Å². The molecular formula is C13H10BrCl2NO3S. The molecule has 2 N–H and O–H groups in total. The van der Waals surface area contributed by atoms with E-state index in [-0.39, 0.29) is 27.2 Å². The van der Waals surface area contributed by atoms with Crippen LogP contribution in [0, 0.1) is 0 Å². The first-order chi connectivity index (χ1) is 9.83. The van der Waals surface area contributed by atoms with Crippen molar-refractivity contribution in [2.75, 3.05) is 4.72 Å². The molecule has 2 rings (SSSR count). The van der Waals surface area contributed by atoms with E-state index in [4.69, 9.17) is 28.3 Å². The van der Waals surface area contributed by atoms with Crippen LogP contribution in [0.1, 0.15) is 5.56 Å². The molecule has 2 aromatic rings. The summed E-state index contributed by atoms with van der Waals surface area (Å²) in [6.07, 6.45) is 0.